The first kappa shape index (κ1) is 10.4. The summed E-state index contributed by atoms with van der Waals surface area (Å²) in [4.78, 5) is 0. The maximum atomic E-state index is 13.3. The van der Waals surface area contributed by atoms with Crippen LogP contribution in [0, 0.1) is 11.6 Å². The van der Waals surface area contributed by atoms with Gasteiger partial charge in [-0.1, -0.05) is 0 Å². The first-order chi connectivity index (χ1) is 7.16. The Kier molecular flexibility index (Phi) is 2.86. The van der Waals surface area contributed by atoms with E-state index in [9.17, 15) is 8.78 Å². The molecule has 1 aromatic rings. The van der Waals surface area contributed by atoms with E-state index in [1.54, 1.807) is 0 Å². The smallest absolute Gasteiger partial charge is 0.167 e. The summed E-state index contributed by atoms with van der Waals surface area (Å²) in [7, 11) is 0. The molecule has 0 saturated carbocycles. The van der Waals surface area contributed by atoms with Crippen LogP contribution >= 0.6 is 0 Å². The van der Waals surface area contributed by atoms with E-state index >= 15 is 0 Å². The van der Waals surface area contributed by atoms with E-state index in [0.717, 1.165) is 25.5 Å². The lowest BCUT2D eigenvalue weighted by Gasteiger charge is -2.11. The van der Waals surface area contributed by atoms with Crippen LogP contribution < -0.4 is 5.32 Å². The highest BCUT2D eigenvalue weighted by Crippen LogP contribution is 2.22. The summed E-state index contributed by atoms with van der Waals surface area (Å²) in [6.07, 6.45) is 2.58. The van der Waals surface area contributed by atoms with Gasteiger partial charge in [0.05, 0.1) is 0 Å². The minimum atomic E-state index is -0.907. The molecule has 1 heterocycles. The first-order valence-corrected chi connectivity index (χ1v) is 5.07. The summed E-state index contributed by atoms with van der Waals surface area (Å²) in [5.41, 5.74) is 0.369. The van der Waals surface area contributed by atoms with Gasteiger partial charge in [-0.3, -0.25) is 0 Å². The lowest BCUT2D eigenvalue weighted by Crippen LogP contribution is -2.24. The summed E-state index contributed by atoms with van der Waals surface area (Å²) in [5, 5.41) is 12.4. The number of phenols is 1. The molecule has 2 rings (SSSR count). The maximum Gasteiger partial charge on any atom is 0.167 e. The van der Waals surface area contributed by atoms with Gasteiger partial charge in [0.25, 0.3) is 0 Å². The Morgan fingerprint density at radius 1 is 1.33 bits per heavy atom. The zero-order chi connectivity index (χ0) is 10.8. The van der Waals surface area contributed by atoms with E-state index in [1.165, 1.54) is 6.07 Å². The SMILES string of the molecule is Oc1cc(CC2CCCN2)c(F)cc1F. The van der Waals surface area contributed by atoms with Gasteiger partial charge in [-0.25, -0.2) is 8.78 Å². The fourth-order valence-electron chi connectivity index (χ4n) is 1.93. The van der Waals surface area contributed by atoms with Gasteiger partial charge in [0.15, 0.2) is 11.6 Å². The lowest BCUT2D eigenvalue weighted by atomic mass is 10.0. The quantitative estimate of drug-likeness (QED) is 0.787. The molecule has 0 bridgehead atoms. The number of hydrogen-bond acceptors (Lipinski definition) is 2. The van der Waals surface area contributed by atoms with E-state index in [-0.39, 0.29) is 6.04 Å². The second-order valence-corrected chi connectivity index (χ2v) is 3.89. The van der Waals surface area contributed by atoms with Gasteiger partial charge in [0, 0.05) is 12.1 Å². The van der Waals surface area contributed by atoms with Crippen molar-refractivity contribution in [2.24, 2.45) is 0 Å². The third-order valence-electron chi connectivity index (χ3n) is 2.74. The molecule has 1 atom stereocenters. The molecule has 1 aliphatic rings. The summed E-state index contributed by atoms with van der Waals surface area (Å²) in [6.45, 7) is 0.944. The molecular weight excluding hydrogens is 200 g/mol. The van der Waals surface area contributed by atoms with Crippen LogP contribution in [0.25, 0.3) is 0 Å². The molecule has 1 aliphatic heterocycles. The van der Waals surface area contributed by atoms with Crippen molar-refractivity contribution in [1.82, 2.24) is 5.32 Å². The van der Waals surface area contributed by atoms with Crippen molar-refractivity contribution in [1.29, 1.82) is 0 Å². The average Bonchev–Trinajstić information content (AvgIpc) is 2.67. The van der Waals surface area contributed by atoms with E-state index in [1.807, 2.05) is 0 Å². The van der Waals surface area contributed by atoms with E-state index < -0.39 is 17.4 Å². The number of halogens is 2. The highest BCUT2D eigenvalue weighted by molar-refractivity contribution is 5.31. The summed E-state index contributed by atoms with van der Waals surface area (Å²) < 4.78 is 26.1. The molecule has 1 saturated heterocycles. The Bertz CT molecular complexity index is 362. The Morgan fingerprint density at radius 2 is 2.13 bits per heavy atom. The molecule has 1 aromatic carbocycles. The van der Waals surface area contributed by atoms with Crippen LogP contribution in [0.2, 0.25) is 0 Å². The van der Waals surface area contributed by atoms with Gasteiger partial charge in [0.1, 0.15) is 5.82 Å². The van der Waals surface area contributed by atoms with Crippen LogP contribution in [0.15, 0.2) is 12.1 Å². The van der Waals surface area contributed by atoms with Crippen molar-refractivity contribution in [2.45, 2.75) is 25.3 Å². The average molecular weight is 213 g/mol. The van der Waals surface area contributed by atoms with E-state index in [0.29, 0.717) is 12.0 Å². The predicted molar refractivity (Wildman–Crippen MR) is 52.8 cm³/mol. The standard InChI is InChI=1S/C11H13F2NO/c12-9-6-10(13)11(15)5-7(9)4-8-2-1-3-14-8/h5-6,8,14-15H,1-4H2. The molecular formula is C11H13F2NO. The number of rotatable bonds is 2. The molecule has 15 heavy (non-hydrogen) atoms. The van der Waals surface area contributed by atoms with Gasteiger partial charge in [-0.2, -0.15) is 0 Å². The highest BCUT2D eigenvalue weighted by Gasteiger charge is 2.17. The normalized spacial score (nSPS) is 20.8. The molecule has 2 nitrogen and oxygen atoms in total. The van der Waals surface area contributed by atoms with Crippen molar-refractivity contribution in [3.05, 3.63) is 29.3 Å². The van der Waals surface area contributed by atoms with Crippen LogP contribution in [0.1, 0.15) is 18.4 Å². The Morgan fingerprint density at radius 3 is 2.80 bits per heavy atom. The molecule has 0 aliphatic carbocycles. The Balaban J connectivity index is 2.16. The molecule has 0 amide bonds. The number of hydrogen-bond donors (Lipinski definition) is 2. The summed E-state index contributed by atoms with van der Waals surface area (Å²) in [5.74, 6) is -1.97. The molecule has 0 radical (unpaired) electrons. The van der Waals surface area contributed by atoms with Crippen molar-refractivity contribution < 1.29 is 13.9 Å². The zero-order valence-electron chi connectivity index (χ0n) is 8.26. The topological polar surface area (TPSA) is 32.3 Å². The second-order valence-electron chi connectivity index (χ2n) is 3.89. The molecule has 1 fully saturated rings. The van der Waals surface area contributed by atoms with Gasteiger partial charge in [-0.05, 0) is 37.4 Å². The van der Waals surface area contributed by atoms with Crippen molar-refractivity contribution in [3.63, 3.8) is 0 Å². The number of aromatic hydroxyl groups is 1. The van der Waals surface area contributed by atoms with E-state index in [4.69, 9.17) is 5.11 Å². The third-order valence-corrected chi connectivity index (χ3v) is 2.74. The highest BCUT2D eigenvalue weighted by atomic mass is 19.1. The molecule has 1 unspecified atom stereocenters. The number of benzene rings is 1. The Labute approximate surface area is 86.9 Å². The number of phenolic OH excluding ortho intramolecular Hbond substituents is 1. The largest absolute Gasteiger partial charge is 0.505 e. The molecule has 82 valence electrons. The number of nitrogens with one attached hydrogen (secondary N) is 1. The molecule has 0 spiro atoms. The van der Waals surface area contributed by atoms with Crippen molar-refractivity contribution >= 4 is 0 Å². The molecule has 2 N–H and O–H groups in total. The van der Waals surface area contributed by atoms with Crippen molar-refractivity contribution in [3.8, 4) is 5.75 Å². The fourth-order valence-corrected chi connectivity index (χ4v) is 1.93. The van der Waals surface area contributed by atoms with Gasteiger partial charge in [0.2, 0.25) is 0 Å². The van der Waals surface area contributed by atoms with Crippen molar-refractivity contribution in [2.75, 3.05) is 6.54 Å². The minimum absolute atomic E-state index is 0.240. The third kappa shape index (κ3) is 2.26. The molecule has 4 heteroatoms. The second kappa shape index (κ2) is 4.14. The van der Waals surface area contributed by atoms with Gasteiger partial charge in [-0.15, -0.1) is 0 Å². The summed E-state index contributed by atoms with van der Waals surface area (Å²) >= 11 is 0. The minimum Gasteiger partial charge on any atom is -0.505 e. The fraction of sp³-hybridized carbons (Fsp3) is 0.455. The van der Waals surface area contributed by atoms with Crippen LogP contribution in [-0.2, 0) is 6.42 Å². The molecule has 0 aromatic heterocycles. The van der Waals surface area contributed by atoms with Crippen LogP contribution in [0.3, 0.4) is 0 Å². The Hall–Kier alpha value is -1.16. The van der Waals surface area contributed by atoms with Gasteiger partial charge < -0.3 is 10.4 Å². The lowest BCUT2D eigenvalue weighted by molar-refractivity contribution is 0.424. The van der Waals surface area contributed by atoms with Gasteiger partial charge >= 0.3 is 0 Å². The summed E-state index contributed by atoms with van der Waals surface area (Å²) in [6, 6.07) is 2.15. The zero-order valence-corrected chi connectivity index (χ0v) is 8.26. The van der Waals surface area contributed by atoms with E-state index in [2.05, 4.69) is 5.32 Å². The maximum absolute atomic E-state index is 13.3. The first-order valence-electron chi connectivity index (χ1n) is 5.07. The predicted octanol–water partition coefficient (Wildman–Crippen LogP) is 1.96. The van der Waals surface area contributed by atoms with Crippen LogP contribution in [0.5, 0.6) is 5.75 Å². The monoisotopic (exact) mass is 213 g/mol. The van der Waals surface area contributed by atoms with Crippen LogP contribution in [-0.4, -0.2) is 17.7 Å². The van der Waals surface area contributed by atoms with Crippen LogP contribution in [0.4, 0.5) is 8.78 Å².